The molecule has 1 saturated heterocycles. The number of anilines is 1. The Morgan fingerprint density at radius 2 is 1.77 bits per heavy atom. The van der Waals surface area contributed by atoms with E-state index >= 15 is 0 Å². The van der Waals surface area contributed by atoms with Crippen molar-refractivity contribution in [1.29, 1.82) is 0 Å². The molecule has 1 aromatic carbocycles. The highest BCUT2D eigenvalue weighted by Crippen LogP contribution is 2.38. The van der Waals surface area contributed by atoms with Gasteiger partial charge in [0.1, 0.15) is 31.2 Å². The normalized spacial score (nSPS) is 21.0. The zero-order valence-electron chi connectivity index (χ0n) is 17.7. The van der Waals surface area contributed by atoms with Crippen LogP contribution in [0.2, 0.25) is 0 Å². The number of benzene rings is 1. The van der Waals surface area contributed by atoms with E-state index in [2.05, 4.69) is 17.7 Å². The molecule has 1 aliphatic heterocycles. The van der Waals surface area contributed by atoms with Gasteiger partial charge in [-0.15, -0.1) is 11.3 Å². The summed E-state index contributed by atoms with van der Waals surface area (Å²) < 4.78 is 0. The van der Waals surface area contributed by atoms with Crippen molar-refractivity contribution >= 4 is 28.2 Å². The maximum atomic E-state index is 13.1. The summed E-state index contributed by atoms with van der Waals surface area (Å²) in [6, 6.07) is 9.93. The number of likely N-dealkylation sites (N-methyl/N-ethyl adjacent to an activating group) is 1. The molecule has 0 spiro atoms. The van der Waals surface area contributed by atoms with Gasteiger partial charge in [-0.05, 0) is 36.8 Å². The van der Waals surface area contributed by atoms with E-state index in [1.54, 1.807) is 11.3 Å². The molecule has 2 aliphatic rings. The summed E-state index contributed by atoms with van der Waals surface area (Å²) in [6.07, 6.45) is 4.17. The van der Waals surface area contributed by atoms with E-state index in [-0.39, 0.29) is 11.8 Å². The quantitative estimate of drug-likeness (QED) is 0.520. The highest BCUT2D eigenvalue weighted by Gasteiger charge is 2.28. The number of fused-ring (bicyclic) bond motifs is 1. The summed E-state index contributed by atoms with van der Waals surface area (Å²) >= 11 is 1.60. The van der Waals surface area contributed by atoms with Crippen molar-refractivity contribution in [3.05, 3.63) is 51.9 Å². The largest absolute Gasteiger partial charge is 0.348 e. The number of aryl methyl sites for hydroxylation is 1. The number of amides is 2. The van der Waals surface area contributed by atoms with E-state index in [0.717, 1.165) is 68.0 Å². The minimum Gasteiger partial charge on any atom is -0.348 e. The minimum atomic E-state index is -0.0795. The second-order valence-corrected chi connectivity index (χ2v) is 9.62. The maximum Gasteiger partial charge on any atom is 0.280 e. The Labute approximate surface area is 182 Å². The molecular weight excluding hydrogens is 396 g/mol. The van der Waals surface area contributed by atoms with E-state index in [4.69, 9.17) is 0 Å². The molecular formula is C23H32N4O2S+2. The molecule has 1 aliphatic carbocycles. The summed E-state index contributed by atoms with van der Waals surface area (Å²) in [6.45, 7) is 5.20. The molecule has 2 amide bonds. The number of hydrogen-bond acceptors (Lipinski definition) is 3. The third kappa shape index (κ3) is 5.09. The lowest BCUT2D eigenvalue weighted by Gasteiger charge is -2.26. The highest BCUT2D eigenvalue weighted by molar-refractivity contribution is 7.17. The molecule has 2 aromatic rings. The van der Waals surface area contributed by atoms with Crippen molar-refractivity contribution in [1.82, 2.24) is 5.32 Å². The summed E-state index contributed by atoms with van der Waals surface area (Å²) in [7, 11) is 2.20. The van der Waals surface area contributed by atoms with Gasteiger partial charge in [-0.3, -0.25) is 9.59 Å². The number of hydrogen-bond donors (Lipinski definition) is 4. The van der Waals surface area contributed by atoms with Gasteiger partial charge in [0.25, 0.3) is 11.8 Å². The first-order valence-corrected chi connectivity index (χ1v) is 11.8. The summed E-state index contributed by atoms with van der Waals surface area (Å²) in [4.78, 5) is 30.0. The number of rotatable bonds is 6. The SMILES string of the molecule is C[NH+]1CC[NH+](CC(=O)Nc2sc3c(c2C(=O)NCc2ccccc2)CCCC3)CC1. The van der Waals surface area contributed by atoms with Gasteiger partial charge in [0.05, 0.1) is 12.6 Å². The smallest absolute Gasteiger partial charge is 0.280 e. The van der Waals surface area contributed by atoms with Crippen LogP contribution in [0.5, 0.6) is 0 Å². The van der Waals surface area contributed by atoms with Gasteiger partial charge in [0.15, 0.2) is 6.54 Å². The third-order valence-corrected chi connectivity index (χ3v) is 7.38. The average Bonchev–Trinajstić information content (AvgIpc) is 3.12. The molecule has 0 atom stereocenters. The molecule has 0 radical (unpaired) electrons. The number of quaternary nitrogens is 2. The Morgan fingerprint density at radius 3 is 2.53 bits per heavy atom. The molecule has 30 heavy (non-hydrogen) atoms. The lowest BCUT2D eigenvalue weighted by atomic mass is 9.95. The standard InChI is InChI=1S/C23H30N4O2S/c1-26-11-13-27(14-12-26)16-20(28)25-23-21(18-9-5-6-10-19(18)30-23)22(29)24-15-17-7-3-2-4-8-17/h2-4,7-8H,5-6,9-16H2,1H3,(H,24,29)(H,25,28)/p+2. The predicted octanol–water partition coefficient (Wildman–Crippen LogP) is -0.0914. The summed E-state index contributed by atoms with van der Waals surface area (Å²) in [5.74, 6) is -0.0654. The van der Waals surface area contributed by atoms with Crippen molar-refractivity contribution in [2.45, 2.75) is 32.2 Å². The van der Waals surface area contributed by atoms with Crippen molar-refractivity contribution in [3.63, 3.8) is 0 Å². The highest BCUT2D eigenvalue weighted by atomic mass is 32.1. The number of thiophene rings is 1. The fourth-order valence-corrected chi connectivity index (χ4v) is 5.67. The van der Waals surface area contributed by atoms with Crippen LogP contribution in [0.1, 0.15) is 39.2 Å². The van der Waals surface area contributed by atoms with Crippen LogP contribution in [0.4, 0.5) is 5.00 Å². The minimum absolute atomic E-state index is 0.0141. The van der Waals surface area contributed by atoms with Gasteiger partial charge in [-0.1, -0.05) is 30.3 Å². The molecule has 4 N–H and O–H groups in total. The van der Waals surface area contributed by atoms with Gasteiger partial charge in [0.2, 0.25) is 0 Å². The Kier molecular flexibility index (Phi) is 6.82. The number of carbonyl (C=O) groups is 2. The lowest BCUT2D eigenvalue weighted by Crippen LogP contribution is -3.27. The van der Waals surface area contributed by atoms with Gasteiger partial charge in [-0.25, -0.2) is 0 Å². The molecule has 2 heterocycles. The first-order valence-electron chi connectivity index (χ1n) is 11.0. The number of nitrogens with one attached hydrogen (secondary N) is 4. The van der Waals surface area contributed by atoms with E-state index in [9.17, 15) is 9.59 Å². The van der Waals surface area contributed by atoms with Gasteiger partial charge >= 0.3 is 0 Å². The second kappa shape index (κ2) is 9.73. The topological polar surface area (TPSA) is 67.1 Å². The monoisotopic (exact) mass is 428 g/mol. The predicted molar refractivity (Wildman–Crippen MR) is 119 cm³/mol. The fourth-order valence-electron chi connectivity index (χ4n) is 4.37. The molecule has 1 fully saturated rings. The average molecular weight is 429 g/mol. The first-order chi connectivity index (χ1) is 14.6. The maximum absolute atomic E-state index is 13.1. The van der Waals surface area contributed by atoms with Crippen molar-refractivity contribution in [2.75, 3.05) is 45.1 Å². The van der Waals surface area contributed by atoms with Crippen LogP contribution in [0, 0.1) is 0 Å². The Bertz CT molecular complexity index is 888. The molecule has 0 bridgehead atoms. The third-order valence-electron chi connectivity index (χ3n) is 6.17. The van der Waals surface area contributed by atoms with Crippen molar-refractivity contribution in [2.24, 2.45) is 0 Å². The van der Waals surface area contributed by atoms with E-state index in [0.29, 0.717) is 18.7 Å². The molecule has 6 nitrogen and oxygen atoms in total. The van der Waals surface area contributed by atoms with Crippen molar-refractivity contribution < 1.29 is 19.4 Å². The number of piperazine rings is 1. The number of carbonyl (C=O) groups excluding carboxylic acids is 2. The van der Waals surface area contributed by atoms with E-state index in [1.807, 2.05) is 30.3 Å². The molecule has 0 unspecified atom stereocenters. The van der Waals surface area contributed by atoms with Crippen LogP contribution in [0.3, 0.4) is 0 Å². The van der Waals surface area contributed by atoms with E-state index < -0.39 is 0 Å². The Balaban J connectivity index is 1.46. The van der Waals surface area contributed by atoms with Crippen LogP contribution >= 0.6 is 11.3 Å². The van der Waals surface area contributed by atoms with Crippen LogP contribution in [-0.2, 0) is 24.2 Å². The summed E-state index contributed by atoms with van der Waals surface area (Å²) in [5.41, 5.74) is 2.90. The molecule has 160 valence electrons. The van der Waals surface area contributed by atoms with Crippen LogP contribution in [-0.4, -0.2) is 51.6 Å². The molecule has 1 aromatic heterocycles. The molecule has 0 saturated carbocycles. The zero-order chi connectivity index (χ0) is 20.9. The summed E-state index contributed by atoms with van der Waals surface area (Å²) in [5, 5.41) is 6.89. The van der Waals surface area contributed by atoms with Crippen LogP contribution in [0.15, 0.2) is 30.3 Å². The van der Waals surface area contributed by atoms with Gasteiger partial charge in [-0.2, -0.15) is 0 Å². The Morgan fingerprint density at radius 1 is 1.03 bits per heavy atom. The zero-order valence-corrected chi connectivity index (χ0v) is 18.5. The van der Waals surface area contributed by atoms with Gasteiger partial charge in [0, 0.05) is 11.4 Å². The lowest BCUT2D eigenvalue weighted by molar-refractivity contribution is -0.999. The first kappa shape index (κ1) is 21.0. The van der Waals surface area contributed by atoms with Crippen molar-refractivity contribution in [3.8, 4) is 0 Å². The van der Waals surface area contributed by atoms with Gasteiger partial charge < -0.3 is 20.4 Å². The Hall–Kier alpha value is -2.22. The van der Waals surface area contributed by atoms with Crippen LogP contribution in [0.25, 0.3) is 0 Å². The fraction of sp³-hybridized carbons (Fsp3) is 0.478. The van der Waals surface area contributed by atoms with Crippen LogP contribution < -0.4 is 20.4 Å². The second-order valence-electron chi connectivity index (χ2n) is 8.52. The molecule has 7 heteroatoms. The molecule has 4 rings (SSSR count). The van der Waals surface area contributed by atoms with E-state index in [1.165, 1.54) is 14.7 Å².